The number of hydrogen-bond donors (Lipinski definition) is 0. The molecule has 0 saturated heterocycles. The number of aryl methyl sites for hydroxylation is 1. The summed E-state index contributed by atoms with van der Waals surface area (Å²) < 4.78 is 22.1. The van der Waals surface area contributed by atoms with E-state index in [1.54, 1.807) is 0 Å². The van der Waals surface area contributed by atoms with E-state index in [2.05, 4.69) is 50.2 Å². The largest absolute Gasteiger partial charge is 0.491 e. The summed E-state index contributed by atoms with van der Waals surface area (Å²) >= 11 is 0. The lowest BCUT2D eigenvalue weighted by molar-refractivity contribution is -0.145. The first-order valence-corrected chi connectivity index (χ1v) is 15.4. The molecule has 0 amide bonds. The van der Waals surface area contributed by atoms with Crippen molar-refractivity contribution in [2.45, 2.75) is 97.3 Å². The number of ether oxygens (including phenoxy) is 4. The molecule has 0 atom stereocenters. The number of benzene rings is 2. The van der Waals surface area contributed by atoms with Crippen molar-refractivity contribution in [3.8, 4) is 16.9 Å². The zero-order valence-electron chi connectivity index (χ0n) is 24.6. The van der Waals surface area contributed by atoms with E-state index in [-0.39, 0.29) is 5.97 Å². The molecule has 218 valence electrons. The van der Waals surface area contributed by atoms with Crippen LogP contribution in [0.3, 0.4) is 0 Å². The maximum absolute atomic E-state index is 11.8. The van der Waals surface area contributed by atoms with Gasteiger partial charge < -0.3 is 18.9 Å². The van der Waals surface area contributed by atoms with Gasteiger partial charge in [0.15, 0.2) is 0 Å². The van der Waals surface area contributed by atoms with Crippen LogP contribution in [0.5, 0.6) is 5.75 Å². The highest BCUT2D eigenvalue weighted by Gasteiger charge is 2.03. The summed E-state index contributed by atoms with van der Waals surface area (Å²) in [6.07, 6.45) is 15.6. The van der Waals surface area contributed by atoms with Crippen LogP contribution in [0, 0.1) is 0 Å². The summed E-state index contributed by atoms with van der Waals surface area (Å²) in [5.41, 5.74) is 3.73. The molecular formula is C34H52O5. The van der Waals surface area contributed by atoms with Gasteiger partial charge >= 0.3 is 5.97 Å². The van der Waals surface area contributed by atoms with Crippen LogP contribution in [0.4, 0.5) is 0 Å². The van der Waals surface area contributed by atoms with Gasteiger partial charge in [-0.2, -0.15) is 0 Å². The first kappa shape index (κ1) is 32.8. The van der Waals surface area contributed by atoms with Crippen LogP contribution in [0.1, 0.15) is 96.5 Å². The Labute approximate surface area is 237 Å². The fraction of sp³-hybridized carbons (Fsp3) is 0.618. The fourth-order valence-corrected chi connectivity index (χ4v) is 4.44. The number of unbranched alkanes of at least 4 members (excludes halogenated alkanes) is 10. The molecular weight excluding hydrogens is 488 g/mol. The third-order valence-corrected chi connectivity index (χ3v) is 6.89. The lowest BCUT2D eigenvalue weighted by Crippen LogP contribution is -2.14. The van der Waals surface area contributed by atoms with Crippen molar-refractivity contribution in [1.82, 2.24) is 0 Å². The molecule has 0 aliphatic carbocycles. The topological polar surface area (TPSA) is 54.0 Å². The predicted octanol–water partition coefficient (Wildman–Crippen LogP) is 8.57. The first-order chi connectivity index (χ1) is 19.2. The smallest absolute Gasteiger partial charge is 0.305 e. The van der Waals surface area contributed by atoms with E-state index in [9.17, 15) is 4.79 Å². The van der Waals surface area contributed by atoms with E-state index in [0.29, 0.717) is 46.1 Å². The second-order valence-corrected chi connectivity index (χ2v) is 10.2. The number of carbonyl (C=O) groups is 1. The highest BCUT2D eigenvalue weighted by molar-refractivity contribution is 5.69. The highest BCUT2D eigenvalue weighted by atomic mass is 16.6. The van der Waals surface area contributed by atoms with E-state index in [0.717, 1.165) is 25.0 Å². The molecule has 0 unspecified atom stereocenters. The van der Waals surface area contributed by atoms with Gasteiger partial charge in [0.1, 0.15) is 19.0 Å². The number of rotatable bonds is 24. The summed E-state index contributed by atoms with van der Waals surface area (Å²) in [7, 11) is 0. The number of carbonyl (C=O) groups excluding carboxylic acids is 1. The van der Waals surface area contributed by atoms with Crippen molar-refractivity contribution in [1.29, 1.82) is 0 Å². The third kappa shape index (κ3) is 16.4. The Morgan fingerprint density at radius 3 is 1.62 bits per heavy atom. The van der Waals surface area contributed by atoms with Crippen LogP contribution in [-0.2, 0) is 25.4 Å². The highest BCUT2D eigenvalue weighted by Crippen LogP contribution is 2.23. The van der Waals surface area contributed by atoms with E-state index >= 15 is 0 Å². The summed E-state index contributed by atoms with van der Waals surface area (Å²) in [5.74, 6) is 0.712. The maximum Gasteiger partial charge on any atom is 0.305 e. The van der Waals surface area contributed by atoms with Crippen LogP contribution in [-0.4, -0.2) is 45.6 Å². The van der Waals surface area contributed by atoms with Gasteiger partial charge in [-0.1, -0.05) is 114 Å². The Bertz CT molecular complexity index is 847. The average molecular weight is 541 g/mol. The van der Waals surface area contributed by atoms with Gasteiger partial charge in [0.05, 0.1) is 26.4 Å². The molecule has 0 heterocycles. The Hall–Kier alpha value is -2.37. The molecule has 0 aliphatic rings. The van der Waals surface area contributed by atoms with Gasteiger partial charge in [-0.25, -0.2) is 0 Å². The minimum absolute atomic E-state index is 0.120. The summed E-state index contributed by atoms with van der Waals surface area (Å²) in [6, 6.07) is 16.8. The molecule has 0 radical (unpaired) electrons. The second-order valence-electron chi connectivity index (χ2n) is 10.2. The van der Waals surface area contributed by atoms with E-state index in [1.807, 2.05) is 12.1 Å². The summed E-state index contributed by atoms with van der Waals surface area (Å²) in [5, 5.41) is 0. The Morgan fingerprint density at radius 1 is 0.564 bits per heavy atom. The lowest BCUT2D eigenvalue weighted by Gasteiger charge is -2.09. The zero-order chi connectivity index (χ0) is 27.8. The van der Waals surface area contributed by atoms with Crippen molar-refractivity contribution in [3.63, 3.8) is 0 Å². The van der Waals surface area contributed by atoms with Crippen molar-refractivity contribution in [2.75, 3.05) is 39.6 Å². The molecule has 39 heavy (non-hydrogen) atoms. The van der Waals surface area contributed by atoms with Gasteiger partial charge in [0.2, 0.25) is 0 Å². The minimum atomic E-state index is -0.120. The van der Waals surface area contributed by atoms with Crippen LogP contribution >= 0.6 is 0 Å². The molecule has 0 bridgehead atoms. The van der Waals surface area contributed by atoms with Gasteiger partial charge in [0, 0.05) is 6.42 Å². The fourth-order valence-electron chi connectivity index (χ4n) is 4.44. The molecule has 2 rings (SSSR count). The molecule has 2 aromatic carbocycles. The Kier molecular flexibility index (Phi) is 18.9. The molecule has 0 aliphatic heterocycles. The Morgan fingerprint density at radius 2 is 1.05 bits per heavy atom. The SMILES string of the molecule is CCCCCCCCCCCCCC(=O)OCCOCCOCCOc1ccc(-c2ccc(CC)cc2)cc1. The zero-order valence-corrected chi connectivity index (χ0v) is 24.6. The number of esters is 1. The molecule has 0 aromatic heterocycles. The second kappa shape index (κ2) is 22.4. The van der Waals surface area contributed by atoms with Gasteiger partial charge in [-0.15, -0.1) is 0 Å². The normalized spacial score (nSPS) is 11.0. The van der Waals surface area contributed by atoms with Crippen LogP contribution in [0.15, 0.2) is 48.5 Å². The van der Waals surface area contributed by atoms with Crippen molar-refractivity contribution in [2.24, 2.45) is 0 Å². The summed E-state index contributed by atoms with van der Waals surface area (Å²) in [6.45, 7) is 7.07. The quantitative estimate of drug-likeness (QED) is 0.0986. The van der Waals surface area contributed by atoms with E-state index in [4.69, 9.17) is 18.9 Å². The molecule has 0 saturated carbocycles. The first-order valence-electron chi connectivity index (χ1n) is 15.4. The molecule has 5 nitrogen and oxygen atoms in total. The maximum atomic E-state index is 11.8. The molecule has 2 aromatic rings. The van der Waals surface area contributed by atoms with Crippen molar-refractivity contribution >= 4 is 5.97 Å². The average Bonchev–Trinajstić information content (AvgIpc) is 2.97. The van der Waals surface area contributed by atoms with Crippen LogP contribution in [0.25, 0.3) is 11.1 Å². The van der Waals surface area contributed by atoms with Gasteiger partial charge in [-0.05, 0) is 41.7 Å². The Balaban J connectivity index is 1.34. The summed E-state index contributed by atoms with van der Waals surface area (Å²) in [4.78, 5) is 11.8. The minimum Gasteiger partial charge on any atom is -0.491 e. The monoisotopic (exact) mass is 540 g/mol. The van der Waals surface area contributed by atoms with Crippen LogP contribution in [0.2, 0.25) is 0 Å². The third-order valence-electron chi connectivity index (χ3n) is 6.89. The van der Waals surface area contributed by atoms with E-state index < -0.39 is 0 Å². The molecule has 5 heteroatoms. The molecule has 0 fully saturated rings. The predicted molar refractivity (Wildman–Crippen MR) is 160 cm³/mol. The molecule has 0 N–H and O–H groups in total. The van der Waals surface area contributed by atoms with Crippen molar-refractivity contribution < 1.29 is 23.7 Å². The van der Waals surface area contributed by atoms with Gasteiger partial charge in [-0.3, -0.25) is 4.79 Å². The molecule has 0 spiro atoms. The standard InChI is InChI=1S/C34H52O5/c1-3-5-6-7-8-9-10-11-12-13-14-15-34(35)39-29-27-37-25-24-36-26-28-38-33-22-20-32(21-23-33)31-18-16-30(4-2)17-19-31/h16-23H,3-15,24-29H2,1-2H3. The number of hydrogen-bond acceptors (Lipinski definition) is 5. The van der Waals surface area contributed by atoms with Crippen LogP contribution < -0.4 is 4.74 Å². The lowest BCUT2D eigenvalue weighted by atomic mass is 10.0. The van der Waals surface area contributed by atoms with Gasteiger partial charge in [0.25, 0.3) is 0 Å². The van der Waals surface area contributed by atoms with E-state index in [1.165, 1.54) is 74.5 Å². The van der Waals surface area contributed by atoms with Crippen molar-refractivity contribution in [3.05, 3.63) is 54.1 Å².